The van der Waals surface area contributed by atoms with Crippen molar-refractivity contribution < 1.29 is 4.79 Å². The standard InChI is InChI=1S/C14H19N5OS/c1-3-15-14(20)19-6-4-18(5-7-19)12-11-8-10(2)21-13(11)17-9-16-12/h8-9H,3-7H2,1-2H3,(H,15,20). The number of rotatable bonds is 2. The molecule has 112 valence electrons. The first-order chi connectivity index (χ1) is 10.2. The van der Waals surface area contributed by atoms with Crippen LogP contribution in [0.1, 0.15) is 11.8 Å². The summed E-state index contributed by atoms with van der Waals surface area (Å²) in [5, 5.41) is 3.96. The first kappa shape index (κ1) is 14.1. The van der Waals surface area contributed by atoms with Crippen molar-refractivity contribution in [3.8, 4) is 0 Å². The van der Waals surface area contributed by atoms with Crippen LogP contribution >= 0.6 is 11.3 Å². The second-order valence-electron chi connectivity index (χ2n) is 5.08. The van der Waals surface area contributed by atoms with Gasteiger partial charge in [0.05, 0.1) is 5.39 Å². The molecule has 1 aliphatic heterocycles. The predicted octanol–water partition coefficient (Wildman–Crippen LogP) is 1.85. The topological polar surface area (TPSA) is 61.4 Å². The molecule has 7 heteroatoms. The minimum Gasteiger partial charge on any atom is -0.352 e. The van der Waals surface area contributed by atoms with E-state index in [0.29, 0.717) is 6.54 Å². The zero-order valence-corrected chi connectivity index (χ0v) is 13.1. The number of thiophene rings is 1. The van der Waals surface area contributed by atoms with Crippen LogP contribution in [0.3, 0.4) is 0 Å². The summed E-state index contributed by atoms with van der Waals surface area (Å²) in [4.78, 5) is 27.0. The third-order valence-corrected chi connectivity index (χ3v) is 4.58. The number of urea groups is 1. The number of anilines is 1. The van der Waals surface area contributed by atoms with Crippen molar-refractivity contribution in [1.82, 2.24) is 20.2 Å². The molecule has 1 N–H and O–H groups in total. The zero-order valence-electron chi connectivity index (χ0n) is 12.3. The molecule has 6 nitrogen and oxygen atoms in total. The lowest BCUT2D eigenvalue weighted by Crippen LogP contribution is -2.52. The summed E-state index contributed by atoms with van der Waals surface area (Å²) in [5.74, 6) is 0.986. The molecule has 0 spiro atoms. The molecule has 0 unspecified atom stereocenters. The highest BCUT2D eigenvalue weighted by atomic mass is 32.1. The summed E-state index contributed by atoms with van der Waals surface area (Å²) in [6.07, 6.45) is 1.63. The first-order valence-corrected chi connectivity index (χ1v) is 7.99. The number of hydrogen-bond donors (Lipinski definition) is 1. The largest absolute Gasteiger partial charge is 0.352 e. The maximum Gasteiger partial charge on any atom is 0.317 e. The Morgan fingerprint density at radius 1 is 1.33 bits per heavy atom. The van der Waals surface area contributed by atoms with Gasteiger partial charge < -0.3 is 15.1 Å². The number of hydrogen-bond acceptors (Lipinski definition) is 5. The lowest BCUT2D eigenvalue weighted by atomic mass is 10.2. The highest BCUT2D eigenvalue weighted by Gasteiger charge is 2.23. The Balaban J connectivity index is 1.75. The molecule has 1 saturated heterocycles. The number of amides is 2. The molecule has 0 bridgehead atoms. The van der Waals surface area contributed by atoms with Gasteiger partial charge in [-0.25, -0.2) is 14.8 Å². The van der Waals surface area contributed by atoms with Crippen molar-refractivity contribution in [3.05, 3.63) is 17.3 Å². The van der Waals surface area contributed by atoms with Crippen molar-refractivity contribution >= 4 is 33.4 Å². The molecule has 0 radical (unpaired) electrons. The van der Waals surface area contributed by atoms with Crippen LogP contribution in [0.25, 0.3) is 10.2 Å². The van der Waals surface area contributed by atoms with E-state index < -0.39 is 0 Å². The molecule has 1 fully saturated rings. The molecule has 21 heavy (non-hydrogen) atoms. The van der Waals surface area contributed by atoms with Crippen LogP contribution in [0.4, 0.5) is 10.6 Å². The summed E-state index contributed by atoms with van der Waals surface area (Å²) in [5.41, 5.74) is 0. The van der Waals surface area contributed by atoms with E-state index in [9.17, 15) is 4.79 Å². The van der Waals surface area contributed by atoms with Gasteiger partial charge in [0.2, 0.25) is 0 Å². The van der Waals surface area contributed by atoms with Crippen LogP contribution in [0.2, 0.25) is 0 Å². The normalized spacial score (nSPS) is 15.5. The van der Waals surface area contributed by atoms with Gasteiger partial charge in [-0.1, -0.05) is 0 Å². The van der Waals surface area contributed by atoms with Crippen LogP contribution in [0.5, 0.6) is 0 Å². The number of piperazine rings is 1. The molecule has 2 aromatic rings. The Kier molecular flexibility index (Phi) is 3.92. The fraction of sp³-hybridized carbons (Fsp3) is 0.500. The molecule has 3 rings (SSSR count). The summed E-state index contributed by atoms with van der Waals surface area (Å²) < 4.78 is 0. The fourth-order valence-electron chi connectivity index (χ4n) is 2.60. The molecule has 0 atom stereocenters. The van der Waals surface area contributed by atoms with Gasteiger partial charge in [-0.2, -0.15) is 0 Å². The zero-order chi connectivity index (χ0) is 14.8. The number of nitrogens with zero attached hydrogens (tertiary/aromatic N) is 4. The first-order valence-electron chi connectivity index (χ1n) is 7.18. The van der Waals surface area contributed by atoms with Crippen molar-refractivity contribution in [3.63, 3.8) is 0 Å². The van der Waals surface area contributed by atoms with Crippen LogP contribution in [-0.2, 0) is 0 Å². The Bertz CT molecular complexity index is 648. The molecular formula is C14H19N5OS. The van der Waals surface area contributed by atoms with Crippen molar-refractivity contribution in [2.75, 3.05) is 37.6 Å². The number of nitrogens with one attached hydrogen (secondary N) is 1. The number of aromatic nitrogens is 2. The highest BCUT2D eigenvalue weighted by molar-refractivity contribution is 7.18. The van der Waals surface area contributed by atoms with Crippen molar-refractivity contribution in [2.45, 2.75) is 13.8 Å². The summed E-state index contributed by atoms with van der Waals surface area (Å²) >= 11 is 1.69. The van der Waals surface area contributed by atoms with E-state index in [4.69, 9.17) is 0 Å². The maximum absolute atomic E-state index is 11.8. The molecule has 0 saturated carbocycles. The fourth-order valence-corrected chi connectivity index (χ4v) is 3.44. The van der Waals surface area contributed by atoms with Gasteiger partial charge >= 0.3 is 6.03 Å². The van der Waals surface area contributed by atoms with Gasteiger partial charge in [-0.15, -0.1) is 11.3 Å². The second kappa shape index (κ2) is 5.85. The molecular weight excluding hydrogens is 286 g/mol. The average molecular weight is 305 g/mol. The minimum atomic E-state index is 0.0244. The molecule has 0 aliphatic carbocycles. The van der Waals surface area contributed by atoms with E-state index in [1.165, 1.54) is 4.88 Å². The molecule has 2 aromatic heterocycles. The summed E-state index contributed by atoms with van der Waals surface area (Å²) in [7, 11) is 0. The minimum absolute atomic E-state index is 0.0244. The monoisotopic (exact) mass is 305 g/mol. The lowest BCUT2D eigenvalue weighted by Gasteiger charge is -2.35. The quantitative estimate of drug-likeness (QED) is 0.920. The van der Waals surface area contributed by atoms with Gasteiger partial charge in [-0.05, 0) is 19.9 Å². The summed E-state index contributed by atoms with van der Waals surface area (Å²) in [6.45, 7) is 7.74. The Labute approximate surface area is 127 Å². The molecule has 0 aromatic carbocycles. The van der Waals surface area contributed by atoms with Crippen molar-refractivity contribution in [2.24, 2.45) is 0 Å². The van der Waals surface area contributed by atoms with E-state index in [0.717, 1.165) is 42.2 Å². The van der Waals surface area contributed by atoms with E-state index in [2.05, 4.69) is 33.2 Å². The SMILES string of the molecule is CCNC(=O)N1CCN(c2ncnc3sc(C)cc23)CC1. The number of aryl methyl sites for hydroxylation is 1. The molecule has 2 amide bonds. The maximum atomic E-state index is 11.8. The summed E-state index contributed by atoms with van der Waals surface area (Å²) in [6, 6.07) is 2.17. The highest BCUT2D eigenvalue weighted by Crippen LogP contribution is 2.30. The van der Waals surface area contributed by atoms with Gasteiger partial charge in [0.25, 0.3) is 0 Å². The van der Waals surface area contributed by atoms with Gasteiger partial charge in [0.15, 0.2) is 0 Å². The third kappa shape index (κ3) is 2.78. The van der Waals surface area contributed by atoms with E-state index in [1.807, 2.05) is 11.8 Å². The predicted molar refractivity (Wildman–Crippen MR) is 85.0 cm³/mol. The van der Waals surface area contributed by atoms with Gasteiger partial charge in [-0.3, -0.25) is 0 Å². The van der Waals surface area contributed by atoms with E-state index in [1.54, 1.807) is 17.7 Å². The second-order valence-corrected chi connectivity index (χ2v) is 6.32. The Hall–Kier alpha value is -1.89. The van der Waals surface area contributed by atoms with Gasteiger partial charge in [0.1, 0.15) is 17.0 Å². The number of fused-ring (bicyclic) bond motifs is 1. The third-order valence-electron chi connectivity index (χ3n) is 3.63. The molecule has 1 aliphatic rings. The Morgan fingerprint density at radius 3 is 2.81 bits per heavy atom. The smallest absolute Gasteiger partial charge is 0.317 e. The molecule has 3 heterocycles. The van der Waals surface area contributed by atoms with Crippen LogP contribution in [-0.4, -0.2) is 53.6 Å². The van der Waals surface area contributed by atoms with Crippen molar-refractivity contribution in [1.29, 1.82) is 0 Å². The van der Waals surface area contributed by atoms with Crippen LogP contribution in [0.15, 0.2) is 12.4 Å². The average Bonchev–Trinajstić information content (AvgIpc) is 2.87. The van der Waals surface area contributed by atoms with Gasteiger partial charge in [0, 0.05) is 37.6 Å². The number of carbonyl (C=O) groups excluding carboxylic acids is 1. The Morgan fingerprint density at radius 2 is 2.10 bits per heavy atom. The van der Waals surface area contributed by atoms with Crippen LogP contribution in [0, 0.1) is 6.92 Å². The number of carbonyl (C=O) groups is 1. The van der Waals surface area contributed by atoms with E-state index in [-0.39, 0.29) is 6.03 Å². The lowest BCUT2D eigenvalue weighted by molar-refractivity contribution is 0.195. The van der Waals surface area contributed by atoms with E-state index >= 15 is 0 Å². The van der Waals surface area contributed by atoms with Crippen LogP contribution < -0.4 is 10.2 Å².